The summed E-state index contributed by atoms with van der Waals surface area (Å²) in [7, 11) is 0. The predicted molar refractivity (Wildman–Crippen MR) is 165 cm³/mol. The van der Waals surface area contributed by atoms with Crippen molar-refractivity contribution in [3.63, 3.8) is 0 Å². The van der Waals surface area contributed by atoms with Crippen molar-refractivity contribution in [2.45, 2.75) is 32.4 Å². The minimum atomic E-state index is -0.168. The van der Waals surface area contributed by atoms with Crippen LogP contribution in [0, 0.1) is 11.8 Å². The van der Waals surface area contributed by atoms with E-state index >= 15 is 0 Å². The molecule has 39 heavy (non-hydrogen) atoms. The highest BCUT2D eigenvalue weighted by atomic mass is 35.5. The third-order valence-corrected chi connectivity index (χ3v) is 8.54. The number of rotatable bonds is 5. The molecule has 0 amide bonds. The minimum Gasteiger partial charge on any atom is -0.370 e. The van der Waals surface area contributed by atoms with E-state index in [0.717, 1.165) is 46.6 Å². The summed E-state index contributed by atoms with van der Waals surface area (Å²) in [5.74, 6) is 1.28. The molecular weight excluding hydrogens is 545 g/mol. The van der Waals surface area contributed by atoms with Gasteiger partial charge in [-0.15, -0.1) is 0 Å². The molecule has 2 aliphatic heterocycles. The van der Waals surface area contributed by atoms with Gasteiger partial charge < -0.3 is 19.7 Å². The molecule has 2 aromatic carbocycles. The summed E-state index contributed by atoms with van der Waals surface area (Å²) in [6, 6.07) is 24.1. The van der Waals surface area contributed by atoms with E-state index in [0.29, 0.717) is 22.0 Å². The molecule has 2 aromatic heterocycles. The van der Waals surface area contributed by atoms with Crippen LogP contribution in [0.5, 0.6) is 0 Å². The van der Waals surface area contributed by atoms with E-state index in [1.165, 1.54) is 6.42 Å². The van der Waals surface area contributed by atoms with Gasteiger partial charge in [-0.25, -0.2) is 0 Å². The Morgan fingerprint density at radius 1 is 0.897 bits per heavy atom. The van der Waals surface area contributed by atoms with Gasteiger partial charge in [0.25, 0.3) is 0 Å². The number of piperidine rings is 1. The summed E-state index contributed by atoms with van der Waals surface area (Å²) >= 11 is 19.3. The molecule has 0 spiro atoms. The Balaban J connectivity index is 1.43. The molecule has 8 heteroatoms. The van der Waals surface area contributed by atoms with Crippen molar-refractivity contribution in [1.82, 2.24) is 14.9 Å². The first kappa shape index (κ1) is 26.2. The van der Waals surface area contributed by atoms with Crippen molar-refractivity contribution in [1.29, 1.82) is 0 Å². The number of nitrogens with one attached hydrogen (secondary N) is 1. The van der Waals surface area contributed by atoms with Gasteiger partial charge >= 0.3 is 0 Å². The van der Waals surface area contributed by atoms with Crippen LogP contribution in [0.25, 0.3) is 5.69 Å². The van der Waals surface area contributed by atoms with Crippen molar-refractivity contribution in [2.24, 2.45) is 11.8 Å². The summed E-state index contributed by atoms with van der Waals surface area (Å²) < 4.78 is 2.17. The molecule has 6 rings (SSSR count). The van der Waals surface area contributed by atoms with E-state index in [9.17, 15) is 0 Å². The normalized spacial score (nSPS) is 23.2. The Bertz CT molecular complexity index is 1480. The van der Waals surface area contributed by atoms with Crippen LogP contribution < -0.4 is 15.1 Å². The van der Waals surface area contributed by atoms with Crippen LogP contribution in [0.3, 0.4) is 0 Å². The highest BCUT2D eigenvalue weighted by molar-refractivity contribution is 7.80. The van der Waals surface area contributed by atoms with Crippen LogP contribution in [0.1, 0.15) is 43.7 Å². The summed E-state index contributed by atoms with van der Waals surface area (Å²) in [6.07, 6.45) is 5.13. The molecule has 2 aliphatic rings. The number of anilines is 2. The molecule has 0 bridgehead atoms. The molecule has 4 atom stereocenters. The number of thiocarbonyl (C=S) groups is 1. The Hall–Kier alpha value is -3.06. The van der Waals surface area contributed by atoms with Gasteiger partial charge in [0.2, 0.25) is 0 Å². The lowest BCUT2D eigenvalue weighted by Gasteiger charge is -2.37. The molecule has 2 fully saturated rings. The SMILES string of the molecule is C[C@H]1C[C@H](C)CN(c2ccc(N3C(=S)N[C@@H](c4ccccn4)[C@@H]3c3cccn3-c3cccc(Cl)c3)cc2Cl)C1. The fourth-order valence-corrected chi connectivity index (χ4v) is 7.02. The van der Waals surface area contributed by atoms with Gasteiger partial charge in [0.1, 0.15) is 6.04 Å². The lowest BCUT2D eigenvalue weighted by molar-refractivity contribution is 0.357. The van der Waals surface area contributed by atoms with Crippen LogP contribution in [0.4, 0.5) is 11.4 Å². The van der Waals surface area contributed by atoms with Crippen LogP contribution in [-0.4, -0.2) is 27.8 Å². The predicted octanol–water partition coefficient (Wildman–Crippen LogP) is 7.84. The molecule has 4 heterocycles. The van der Waals surface area contributed by atoms with E-state index in [1.807, 2.05) is 42.6 Å². The Labute approximate surface area is 245 Å². The number of aromatic nitrogens is 2. The number of hydrogen-bond acceptors (Lipinski definition) is 3. The second-order valence-electron chi connectivity index (χ2n) is 10.8. The summed E-state index contributed by atoms with van der Waals surface area (Å²) in [4.78, 5) is 9.28. The van der Waals surface area contributed by atoms with Crippen LogP contribution >= 0.6 is 35.4 Å². The van der Waals surface area contributed by atoms with Gasteiger partial charge in [0, 0.05) is 47.6 Å². The highest BCUT2D eigenvalue weighted by Gasteiger charge is 2.42. The summed E-state index contributed by atoms with van der Waals surface area (Å²) in [5, 5.41) is 5.62. The third-order valence-electron chi connectivity index (χ3n) is 7.69. The van der Waals surface area contributed by atoms with Gasteiger partial charge in [-0.1, -0.05) is 49.2 Å². The maximum Gasteiger partial charge on any atom is 0.174 e. The van der Waals surface area contributed by atoms with E-state index in [4.69, 9.17) is 40.4 Å². The molecule has 0 aliphatic carbocycles. The average Bonchev–Trinajstić information content (AvgIpc) is 3.53. The number of nitrogens with zero attached hydrogens (tertiary/aromatic N) is 4. The Morgan fingerprint density at radius 2 is 1.72 bits per heavy atom. The van der Waals surface area contributed by atoms with Crippen molar-refractivity contribution < 1.29 is 0 Å². The highest BCUT2D eigenvalue weighted by Crippen LogP contribution is 2.44. The molecule has 4 aromatic rings. The van der Waals surface area contributed by atoms with Crippen LogP contribution in [0.2, 0.25) is 10.0 Å². The number of hydrogen-bond donors (Lipinski definition) is 1. The summed E-state index contributed by atoms with van der Waals surface area (Å²) in [5.41, 5.74) is 5.00. The van der Waals surface area contributed by atoms with Gasteiger partial charge in [-0.05, 0) is 91.1 Å². The van der Waals surface area contributed by atoms with Gasteiger partial charge in [0.05, 0.1) is 22.4 Å². The average molecular weight is 577 g/mol. The van der Waals surface area contributed by atoms with E-state index in [-0.39, 0.29) is 12.1 Å². The molecule has 200 valence electrons. The van der Waals surface area contributed by atoms with Crippen molar-refractivity contribution in [3.8, 4) is 5.69 Å². The lowest BCUT2D eigenvalue weighted by atomic mass is 9.91. The fourth-order valence-electron chi connectivity index (χ4n) is 6.19. The maximum atomic E-state index is 6.99. The van der Waals surface area contributed by atoms with E-state index in [1.54, 1.807) is 0 Å². The van der Waals surface area contributed by atoms with Crippen molar-refractivity contribution >= 4 is 51.9 Å². The maximum absolute atomic E-state index is 6.99. The topological polar surface area (TPSA) is 36.3 Å². The largest absolute Gasteiger partial charge is 0.370 e. The molecular formula is C31H31Cl2N5S. The Morgan fingerprint density at radius 3 is 2.44 bits per heavy atom. The number of pyridine rings is 1. The van der Waals surface area contributed by atoms with Crippen molar-refractivity contribution in [2.75, 3.05) is 22.9 Å². The molecule has 0 radical (unpaired) electrons. The van der Waals surface area contributed by atoms with Crippen LogP contribution in [0.15, 0.2) is 85.2 Å². The van der Waals surface area contributed by atoms with E-state index in [2.05, 4.69) is 76.1 Å². The summed E-state index contributed by atoms with van der Waals surface area (Å²) in [6.45, 7) is 6.67. The fraction of sp³-hybridized carbons (Fsp3) is 0.290. The van der Waals surface area contributed by atoms with Gasteiger partial charge in [-0.2, -0.15) is 0 Å². The molecule has 0 unspecified atom stereocenters. The Kier molecular flexibility index (Phi) is 7.27. The first-order valence-corrected chi connectivity index (χ1v) is 14.5. The van der Waals surface area contributed by atoms with Gasteiger partial charge in [0.15, 0.2) is 5.11 Å². The van der Waals surface area contributed by atoms with Crippen LogP contribution in [-0.2, 0) is 0 Å². The zero-order valence-corrected chi connectivity index (χ0v) is 24.3. The molecule has 0 saturated carbocycles. The molecule has 5 nitrogen and oxygen atoms in total. The van der Waals surface area contributed by atoms with E-state index < -0.39 is 0 Å². The number of halogens is 2. The zero-order chi connectivity index (χ0) is 27.1. The number of benzene rings is 2. The molecule has 2 saturated heterocycles. The first-order valence-electron chi connectivity index (χ1n) is 13.4. The van der Waals surface area contributed by atoms with Crippen molar-refractivity contribution in [3.05, 3.63) is 107 Å². The molecule has 1 N–H and O–H groups in total. The smallest absolute Gasteiger partial charge is 0.174 e. The second-order valence-corrected chi connectivity index (χ2v) is 12.0. The standard InChI is InChI=1S/C31H31Cl2N5S/c1-20-15-21(2)19-36(18-20)27-12-11-24(17-25(27)33)38-30(29(35-31(38)39)26-9-3-4-13-34-26)28-10-6-14-37(28)23-8-5-7-22(32)16-23/h3-14,16-17,20-21,29-30H,15,18-19H2,1-2H3,(H,35,39)/t20-,21-,29-,30-/m0/s1. The van der Waals surface area contributed by atoms with Gasteiger partial charge in [-0.3, -0.25) is 4.98 Å². The first-order chi connectivity index (χ1) is 18.9. The third kappa shape index (κ3) is 5.13. The monoisotopic (exact) mass is 575 g/mol. The minimum absolute atomic E-state index is 0.159. The zero-order valence-electron chi connectivity index (χ0n) is 22.0. The second kappa shape index (κ2) is 10.8. The quantitative estimate of drug-likeness (QED) is 0.245. The lowest BCUT2D eigenvalue weighted by Crippen LogP contribution is -2.38.